The summed E-state index contributed by atoms with van der Waals surface area (Å²) in [5, 5.41) is 3.16. The normalized spacial score (nSPS) is 18.6. The summed E-state index contributed by atoms with van der Waals surface area (Å²) < 4.78 is 5.19. The number of nitrogens with zero attached hydrogens (tertiary/aromatic N) is 1. The van der Waals surface area contributed by atoms with E-state index in [1.54, 1.807) is 7.11 Å². The molecule has 1 aliphatic heterocycles. The van der Waals surface area contributed by atoms with Gasteiger partial charge in [0.15, 0.2) is 0 Å². The number of carbonyl (C=O) groups excluding carboxylic acids is 1. The van der Waals surface area contributed by atoms with Crippen molar-refractivity contribution >= 4 is 5.91 Å². The Bertz CT molecular complexity index is 434. The van der Waals surface area contributed by atoms with Crippen molar-refractivity contribution in [2.24, 2.45) is 0 Å². The third-order valence-electron chi connectivity index (χ3n) is 3.63. The van der Waals surface area contributed by atoms with Gasteiger partial charge in [-0.1, -0.05) is 12.1 Å². The van der Waals surface area contributed by atoms with E-state index in [1.807, 2.05) is 36.2 Å². The lowest BCUT2D eigenvalue weighted by atomic mass is 10.1. The van der Waals surface area contributed by atoms with Crippen LogP contribution in [0.5, 0.6) is 5.75 Å². The molecule has 1 saturated heterocycles. The van der Waals surface area contributed by atoms with E-state index in [0.29, 0.717) is 12.5 Å². The molecule has 0 aliphatic carbocycles. The minimum Gasteiger partial charge on any atom is -0.497 e. The molecule has 1 heterocycles. The van der Waals surface area contributed by atoms with Crippen LogP contribution in [0.1, 0.15) is 18.4 Å². The molecule has 0 spiro atoms. The Hall–Kier alpha value is -1.55. The zero-order valence-electron chi connectivity index (χ0n) is 11.7. The van der Waals surface area contributed by atoms with Crippen LogP contribution < -0.4 is 10.1 Å². The summed E-state index contributed by atoms with van der Waals surface area (Å²) in [7, 11) is 3.58. The van der Waals surface area contributed by atoms with Gasteiger partial charge in [0, 0.05) is 19.1 Å². The van der Waals surface area contributed by atoms with Gasteiger partial charge in [-0.25, -0.2) is 0 Å². The molecule has 1 N–H and O–H groups in total. The van der Waals surface area contributed by atoms with Gasteiger partial charge in [0.05, 0.1) is 13.5 Å². The highest BCUT2D eigenvalue weighted by molar-refractivity contribution is 5.79. The van der Waals surface area contributed by atoms with Crippen LogP contribution in [0.15, 0.2) is 24.3 Å². The highest BCUT2D eigenvalue weighted by Gasteiger charge is 2.27. The first-order valence-corrected chi connectivity index (χ1v) is 6.81. The number of carbonyl (C=O) groups is 1. The fourth-order valence-electron chi connectivity index (χ4n) is 2.67. The highest BCUT2D eigenvalue weighted by atomic mass is 16.5. The lowest BCUT2D eigenvalue weighted by Crippen LogP contribution is -2.41. The summed E-state index contributed by atoms with van der Waals surface area (Å²) in [4.78, 5) is 14.4. The number of rotatable bonds is 5. The Balaban J connectivity index is 1.99. The zero-order valence-corrected chi connectivity index (χ0v) is 11.7. The van der Waals surface area contributed by atoms with Gasteiger partial charge in [-0.15, -0.1) is 0 Å². The second kappa shape index (κ2) is 6.57. The van der Waals surface area contributed by atoms with Crippen molar-refractivity contribution in [2.45, 2.75) is 25.3 Å². The van der Waals surface area contributed by atoms with E-state index in [0.717, 1.165) is 37.2 Å². The van der Waals surface area contributed by atoms with Gasteiger partial charge in [0.1, 0.15) is 5.75 Å². The third-order valence-corrected chi connectivity index (χ3v) is 3.63. The molecule has 1 aliphatic rings. The first kappa shape index (κ1) is 13.9. The Morgan fingerprint density at radius 2 is 2.37 bits per heavy atom. The monoisotopic (exact) mass is 262 g/mol. The molecule has 1 atom stereocenters. The van der Waals surface area contributed by atoms with Gasteiger partial charge in [-0.3, -0.25) is 4.79 Å². The standard InChI is InChI=1S/C15H22N2O2/c1-16-11-13-6-4-8-17(13)15(18)10-12-5-3-7-14(9-12)19-2/h3,5,7,9,13,16H,4,6,8,10-11H2,1-2H3. The summed E-state index contributed by atoms with van der Waals surface area (Å²) in [6.07, 6.45) is 2.66. The van der Waals surface area contributed by atoms with Gasteiger partial charge in [0.2, 0.25) is 5.91 Å². The van der Waals surface area contributed by atoms with E-state index in [1.165, 1.54) is 0 Å². The lowest BCUT2D eigenvalue weighted by molar-refractivity contribution is -0.131. The second-order valence-corrected chi connectivity index (χ2v) is 4.97. The summed E-state index contributed by atoms with van der Waals surface area (Å²) in [6.45, 7) is 1.76. The van der Waals surface area contributed by atoms with Crippen molar-refractivity contribution < 1.29 is 9.53 Å². The zero-order chi connectivity index (χ0) is 13.7. The minimum atomic E-state index is 0.214. The van der Waals surface area contributed by atoms with Crippen LogP contribution in [0, 0.1) is 0 Å². The smallest absolute Gasteiger partial charge is 0.227 e. The minimum absolute atomic E-state index is 0.214. The molecule has 0 aromatic heterocycles. The number of nitrogens with one attached hydrogen (secondary N) is 1. The van der Waals surface area contributed by atoms with Crippen LogP contribution in [-0.4, -0.2) is 44.1 Å². The van der Waals surface area contributed by atoms with Crippen molar-refractivity contribution in [3.8, 4) is 5.75 Å². The molecule has 0 saturated carbocycles. The number of benzene rings is 1. The molecule has 1 aromatic rings. The number of likely N-dealkylation sites (N-methyl/N-ethyl adjacent to an activating group) is 1. The number of hydrogen-bond donors (Lipinski definition) is 1. The molecule has 1 fully saturated rings. The molecule has 0 bridgehead atoms. The quantitative estimate of drug-likeness (QED) is 0.873. The SMILES string of the molecule is CNCC1CCCN1C(=O)Cc1cccc(OC)c1. The fraction of sp³-hybridized carbons (Fsp3) is 0.533. The number of ether oxygens (including phenoxy) is 1. The second-order valence-electron chi connectivity index (χ2n) is 4.97. The molecule has 2 rings (SSSR count). The maximum atomic E-state index is 12.4. The molecular formula is C15H22N2O2. The molecule has 1 unspecified atom stereocenters. The maximum Gasteiger partial charge on any atom is 0.227 e. The van der Waals surface area contributed by atoms with Gasteiger partial charge < -0.3 is 15.0 Å². The van der Waals surface area contributed by atoms with Crippen LogP contribution in [-0.2, 0) is 11.2 Å². The van der Waals surface area contributed by atoms with Crippen LogP contribution in [0.4, 0.5) is 0 Å². The van der Waals surface area contributed by atoms with Crippen molar-refractivity contribution in [2.75, 3.05) is 27.2 Å². The van der Waals surface area contributed by atoms with E-state index >= 15 is 0 Å². The summed E-state index contributed by atoms with van der Waals surface area (Å²) in [5.41, 5.74) is 1.01. The lowest BCUT2D eigenvalue weighted by Gasteiger charge is -2.24. The van der Waals surface area contributed by atoms with Gasteiger partial charge >= 0.3 is 0 Å². The number of hydrogen-bond acceptors (Lipinski definition) is 3. The summed E-state index contributed by atoms with van der Waals surface area (Å²) >= 11 is 0. The van der Waals surface area contributed by atoms with Crippen LogP contribution in [0.2, 0.25) is 0 Å². The topological polar surface area (TPSA) is 41.6 Å². The molecular weight excluding hydrogens is 240 g/mol. The van der Waals surface area contributed by atoms with Gasteiger partial charge in [-0.05, 0) is 37.6 Å². The predicted molar refractivity (Wildman–Crippen MR) is 75.4 cm³/mol. The predicted octanol–water partition coefficient (Wildman–Crippen LogP) is 1.45. The Labute approximate surface area is 114 Å². The molecule has 4 nitrogen and oxygen atoms in total. The van der Waals surface area contributed by atoms with Crippen LogP contribution in [0.25, 0.3) is 0 Å². The van der Waals surface area contributed by atoms with E-state index in [-0.39, 0.29) is 5.91 Å². The number of likely N-dealkylation sites (tertiary alicyclic amines) is 1. The summed E-state index contributed by atoms with van der Waals surface area (Å²) in [6, 6.07) is 8.08. The third kappa shape index (κ3) is 3.47. The molecule has 1 amide bonds. The maximum absolute atomic E-state index is 12.4. The number of amides is 1. The fourth-order valence-corrected chi connectivity index (χ4v) is 2.67. The first-order chi connectivity index (χ1) is 9.24. The van der Waals surface area contributed by atoms with E-state index in [4.69, 9.17) is 4.74 Å². The van der Waals surface area contributed by atoms with Gasteiger partial charge in [-0.2, -0.15) is 0 Å². The Morgan fingerprint density at radius 3 is 3.11 bits per heavy atom. The van der Waals surface area contributed by atoms with Crippen molar-refractivity contribution in [1.29, 1.82) is 0 Å². The molecule has 4 heteroatoms. The Kier molecular flexibility index (Phi) is 4.80. The van der Waals surface area contributed by atoms with Crippen molar-refractivity contribution in [1.82, 2.24) is 10.2 Å². The van der Waals surface area contributed by atoms with E-state index in [9.17, 15) is 4.79 Å². The van der Waals surface area contributed by atoms with Crippen molar-refractivity contribution in [3.63, 3.8) is 0 Å². The van der Waals surface area contributed by atoms with E-state index < -0.39 is 0 Å². The highest BCUT2D eigenvalue weighted by Crippen LogP contribution is 2.19. The molecule has 0 radical (unpaired) electrons. The summed E-state index contributed by atoms with van der Waals surface area (Å²) in [5.74, 6) is 1.02. The average Bonchev–Trinajstić information content (AvgIpc) is 2.88. The van der Waals surface area contributed by atoms with Gasteiger partial charge in [0.25, 0.3) is 0 Å². The largest absolute Gasteiger partial charge is 0.497 e. The van der Waals surface area contributed by atoms with Crippen LogP contribution in [0.3, 0.4) is 0 Å². The average molecular weight is 262 g/mol. The Morgan fingerprint density at radius 1 is 1.53 bits per heavy atom. The molecule has 19 heavy (non-hydrogen) atoms. The molecule has 104 valence electrons. The first-order valence-electron chi connectivity index (χ1n) is 6.81. The van der Waals surface area contributed by atoms with Crippen molar-refractivity contribution in [3.05, 3.63) is 29.8 Å². The number of methoxy groups -OCH3 is 1. The molecule has 1 aromatic carbocycles. The van der Waals surface area contributed by atoms with E-state index in [2.05, 4.69) is 5.32 Å². The van der Waals surface area contributed by atoms with Crippen LogP contribution >= 0.6 is 0 Å².